The number of hydrogen-bond acceptors (Lipinski definition) is 4. The first-order valence-corrected chi connectivity index (χ1v) is 8.28. The molecule has 1 aliphatic heterocycles. The Labute approximate surface area is 114 Å². The van der Waals surface area contributed by atoms with Crippen molar-refractivity contribution in [3.63, 3.8) is 0 Å². The van der Waals surface area contributed by atoms with Gasteiger partial charge in [0.25, 0.3) is 0 Å². The molecule has 2 unspecified atom stereocenters. The normalized spacial score (nSPS) is 22.8. The van der Waals surface area contributed by atoms with E-state index < -0.39 is 9.84 Å². The molecular formula is C14H18N2O2S. The summed E-state index contributed by atoms with van der Waals surface area (Å²) in [6, 6.07) is 11.9. The maximum absolute atomic E-state index is 11.3. The quantitative estimate of drug-likeness (QED) is 0.882. The van der Waals surface area contributed by atoms with Crippen molar-refractivity contribution in [2.75, 3.05) is 24.6 Å². The van der Waals surface area contributed by atoms with E-state index in [4.69, 9.17) is 5.26 Å². The maximum Gasteiger partial charge on any atom is 0.150 e. The molecule has 4 nitrogen and oxygen atoms in total. The molecule has 1 fully saturated rings. The summed E-state index contributed by atoms with van der Waals surface area (Å²) >= 11 is 0. The van der Waals surface area contributed by atoms with E-state index in [0.717, 1.165) is 12.0 Å². The molecule has 0 radical (unpaired) electrons. The highest BCUT2D eigenvalue weighted by molar-refractivity contribution is 7.91. The van der Waals surface area contributed by atoms with Gasteiger partial charge in [-0.3, -0.25) is 0 Å². The van der Waals surface area contributed by atoms with Crippen molar-refractivity contribution in [2.45, 2.75) is 12.3 Å². The third-order valence-electron chi connectivity index (χ3n) is 3.47. The van der Waals surface area contributed by atoms with Gasteiger partial charge in [-0.15, -0.1) is 0 Å². The van der Waals surface area contributed by atoms with Crippen LogP contribution < -0.4 is 5.32 Å². The van der Waals surface area contributed by atoms with Crippen LogP contribution in [0.15, 0.2) is 30.3 Å². The highest BCUT2D eigenvalue weighted by Gasteiger charge is 2.27. The Bertz CT molecular complexity index is 549. The number of rotatable bonds is 5. The molecule has 1 N–H and O–H groups in total. The number of sulfone groups is 1. The Morgan fingerprint density at radius 2 is 2.11 bits per heavy atom. The van der Waals surface area contributed by atoms with Gasteiger partial charge in [0.15, 0.2) is 9.84 Å². The van der Waals surface area contributed by atoms with Crippen molar-refractivity contribution >= 4 is 9.84 Å². The van der Waals surface area contributed by atoms with Crippen molar-refractivity contribution in [3.8, 4) is 6.07 Å². The van der Waals surface area contributed by atoms with Crippen LogP contribution >= 0.6 is 0 Å². The van der Waals surface area contributed by atoms with Crippen LogP contribution in [-0.4, -0.2) is 33.0 Å². The van der Waals surface area contributed by atoms with E-state index in [1.165, 1.54) is 0 Å². The zero-order chi connectivity index (χ0) is 13.7. The highest BCUT2D eigenvalue weighted by Crippen LogP contribution is 2.18. The van der Waals surface area contributed by atoms with Crippen LogP contribution in [0.25, 0.3) is 0 Å². The van der Waals surface area contributed by atoms with Gasteiger partial charge in [0.2, 0.25) is 0 Å². The lowest BCUT2D eigenvalue weighted by atomic mass is 10.0. The number of nitriles is 1. The minimum atomic E-state index is -2.81. The maximum atomic E-state index is 11.3. The predicted molar refractivity (Wildman–Crippen MR) is 74.4 cm³/mol. The van der Waals surface area contributed by atoms with Gasteiger partial charge in [-0.1, -0.05) is 30.3 Å². The minimum absolute atomic E-state index is 0.181. The molecule has 2 atom stereocenters. The van der Waals surface area contributed by atoms with Crippen molar-refractivity contribution in [1.29, 1.82) is 5.26 Å². The molecule has 5 heteroatoms. The van der Waals surface area contributed by atoms with Gasteiger partial charge < -0.3 is 5.32 Å². The van der Waals surface area contributed by atoms with E-state index in [-0.39, 0.29) is 17.6 Å². The van der Waals surface area contributed by atoms with Crippen LogP contribution in [0.2, 0.25) is 0 Å². The second kappa shape index (κ2) is 6.18. The van der Waals surface area contributed by atoms with Crippen molar-refractivity contribution < 1.29 is 8.42 Å². The molecule has 19 heavy (non-hydrogen) atoms. The lowest BCUT2D eigenvalue weighted by molar-refractivity contribution is 0.514. The zero-order valence-corrected chi connectivity index (χ0v) is 11.6. The van der Waals surface area contributed by atoms with Crippen LogP contribution in [0.5, 0.6) is 0 Å². The SMILES string of the molecule is N#CC(CNCC1CCS(=O)(=O)C1)c1ccccc1. The summed E-state index contributed by atoms with van der Waals surface area (Å²) in [5.41, 5.74) is 0.997. The Balaban J connectivity index is 1.81. The Kier molecular flexibility index (Phi) is 4.56. The highest BCUT2D eigenvalue weighted by atomic mass is 32.2. The van der Waals surface area contributed by atoms with E-state index in [1.807, 2.05) is 30.3 Å². The third-order valence-corrected chi connectivity index (χ3v) is 5.30. The third kappa shape index (κ3) is 4.05. The molecule has 1 aromatic carbocycles. The van der Waals surface area contributed by atoms with E-state index >= 15 is 0 Å². The molecular weight excluding hydrogens is 260 g/mol. The number of hydrogen-bond donors (Lipinski definition) is 1. The van der Waals surface area contributed by atoms with Gasteiger partial charge in [-0.2, -0.15) is 5.26 Å². The van der Waals surface area contributed by atoms with Crippen LogP contribution in [0, 0.1) is 17.2 Å². The Hall–Kier alpha value is -1.38. The fraction of sp³-hybridized carbons (Fsp3) is 0.500. The van der Waals surface area contributed by atoms with Gasteiger partial charge in [0.1, 0.15) is 0 Å². The summed E-state index contributed by atoms with van der Waals surface area (Å²) in [6.45, 7) is 1.24. The molecule has 102 valence electrons. The summed E-state index contributed by atoms with van der Waals surface area (Å²) in [7, 11) is -2.81. The lowest BCUT2D eigenvalue weighted by Gasteiger charge is -2.13. The molecule has 0 bridgehead atoms. The number of nitrogens with one attached hydrogen (secondary N) is 1. The number of nitrogens with zero attached hydrogens (tertiary/aromatic N) is 1. The molecule has 1 saturated heterocycles. The van der Waals surface area contributed by atoms with Crippen molar-refractivity contribution in [3.05, 3.63) is 35.9 Å². The molecule has 0 saturated carbocycles. The zero-order valence-electron chi connectivity index (χ0n) is 10.7. The van der Waals surface area contributed by atoms with Crippen LogP contribution in [0.1, 0.15) is 17.9 Å². The summed E-state index contributed by atoms with van der Waals surface area (Å²) < 4.78 is 22.7. The molecule has 1 heterocycles. The van der Waals surface area contributed by atoms with E-state index in [9.17, 15) is 8.42 Å². The molecule has 1 aliphatic rings. The van der Waals surface area contributed by atoms with E-state index in [0.29, 0.717) is 18.8 Å². The van der Waals surface area contributed by atoms with Crippen LogP contribution in [-0.2, 0) is 9.84 Å². The summed E-state index contributed by atoms with van der Waals surface area (Å²) in [5.74, 6) is 0.599. The van der Waals surface area contributed by atoms with Gasteiger partial charge >= 0.3 is 0 Å². The molecule has 0 aromatic heterocycles. The Morgan fingerprint density at radius 1 is 1.37 bits per heavy atom. The largest absolute Gasteiger partial charge is 0.315 e. The van der Waals surface area contributed by atoms with Gasteiger partial charge in [0, 0.05) is 6.54 Å². The van der Waals surface area contributed by atoms with Crippen molar-refractivity contribution in [1.82, 2.24) is 5.32 Å². The summed E-state index contributed by atoms with van der Waals surface area (Å²) in [5, 5.41) is 12.4. The van der Waals surface area contributed by atoms with Gasteiger partial charge in [-0.25, -0.2) is 8.42 Å². The van der Waals surface area contributed by atoms with Gasteiger partial charge in [-0.05, 0) is 24.4 Å². The second-order valence-electron chi connectivity index (χ2n) is 5.02. The smallest absolute Gasteiger partial charge is 0.150 e. The first-order valence-electron chi connectivity index (χ1n) is 6.46. The lowest BCUT2D eigenvalue weighted by Crippen LogP contribution is -2.27. The van der Waals surface area contributed by atoms with Crippen LogP contribution in [0.3, 0.4) is 0 Å². The number of benzene rings is 1. The standard InChI is InChI=1S/C14H18N2O2S/c15-8-14(13-4-2-1-3-5-13)10-16-9-12-6-7-19(17,18)11-12/h1-5,12,14,16H,6-7,9-11H2. The molecule has 0 amide bonds. The predicted octanol–water partition coefficient (Wildman–Crippen LogP) is 1.32. The molecule has 0 spiro atoms. The molecule has 1 aromatic rings. The van der Waals surface area contributed by atoms with Gasteiger partial charge in [0.05, 0.1) is 23.5 Å². The fourth-order valence-corrected chi connectivity index (χ4v) is 4.25. The average Bonchev–Trinajstić information content (AvgIpc) is 2.75. The monoisotopic (exact) mass is 278 g/mol. The van der Waals surface area contributed by atoms with Crippen molar-refractivity contribution in [2.24, 2.45) is 5.92 Å². The first kappa shape index (κ1) is 14.0. The van der Waals surface area contributed by atoms with E-state index in [1.54, 1.807) is 0 Å². The minimum Gasteiger partial charge on any atom is -0.315 e. The molecule has 2 rings (SSSR count). The summed E-state index contributed by atoms with van der Waals surface area (Å²) in [4.78, 5) is 0. The van der Waals surface area contributed by atoms with Crippen LogP contribution in [0.4, 0.5) is 0 Å². The fourth-order valence-electron chi connectivity index (χ4n) is 2.39. The van der Waals surface area contributed by atoms with E-state index in [2.05, 4.69) is 11.4 Å². The Morgan fingerprint density at radius 3 is 2.68 bits per heavy atom. The summed E-state index contributed by atoms with van der Waals surface area (Å²) in [6.07, 6.45) is 0.734. The average molecular weight is 278 g/mol. The topological polar surface area (TPSA) is 70.0 Å². The first-order chi connectivity index (χ1) is 9.11. The molecule has 0 aliphatic carbocycles. The second-order valence-corrected chi connectivity index (χ2v) is 7.25.